The molecule has 0 saturated heterocycles. The van der Waals surface area contributed by atoms with Crippen LogP contribution in [0, 0.1) is 0 Å². The molecule has 5 nitrogen and oxygen atoms in total. The minimum absolute atomic E-state index is 0.130. The first-order chi connectivity index (χ1) is 12.0. The van der Waals surface area contributed by atoms with Gasteiger partial charge < -0.3 is 15.4 Å². The fourth-order valence-corrected chi connectivity index (χ4v) is 2.89. The molecule has 2 aromatic rings. The fraction of sp³-hybridized carbons (Fsp3) is 0.263. The molecule has 25 heavy (non-hydrogen) atoms. The Labute approximate surface area is 155 Å². The number of rotatable bonds is 7. The van der Waals surface area contributed by atoms with Crippen LogP contribution in [0.5, 0.6) is 5.75 Å². The maximum atomic E-state index is 12.3. The number of methoxy groups -OCH3 is 1. The summed E-state index contributed by atoms with van der Waals surface area (Å²) >= 11 is 3.41. The number of carbonyl (C=O) groups excluding carboxylic acids is 2. The molecule has 2 aromatic carbocycles. The van der Waals surface area contributed by atoms with Crippen LogP contribution in [-0.2, 0) is 16.1 Å². The fourth-order valence-electron chi connectivity index (χ4n) is 2.44. The average Bonchev–Trinajstić information content (AvgIpc) is 2.59. The molecule has 132 valence electrons. The normalized spacial score (nSPS) is 11.5. The van der Waals surface area contributed by atoms with Gasteiger partial charge in [-0.1, -0.05) is 40.2 Å². The number of nitrogens with one attached hydrogen (secondary N) is 2. The van der Waals surface area contributed by atoms with Crippen molar-refractivity contribution in [3.63, 3.8) is 0 Å². The smallest absolute Gasteiger partial charge is 0.222 e. The summed E-state index contributed by atoms with van der Waals surface area (Å²) in [5.41, 5.74) is 1.86. The molecule has 0 fully saturated rings. The minimum atomic E-state index is -0.383. The lowest BCUT2D eigenvalue weighted by Crippen LogP contribution is -2.32. The Morgan fingerprint density at radius 2 is 1.88 bits per heavy atom. The summed E-state index contributed by atoms with van der Waals surface area (Å²) in [6.07, 6.45) is 0.167. The number of ether oxygens (including phenoxy) is 1. The van der Waals surface area contributed by atoms with Gasteiger partial charge in [-0.3, -0.25) is 9.59 Å². The van der Waals surface area contributed by atoms with Crippen LogP contribution in [0.15, 0.2) is 53.0 Å². The standard InChI is InChI=1S/C19H21BrN2O3/c1-13(23)22-18(15-6-8-17(25-2)9-7-15)11-19(24)21-12-14-4-3-5-16(20)10-14/h3-10,18H,11-12H2,1-2H3,(H,21,24)(H,22,23). The molecular weight excluding hydrogens is 384 g/mol. The second kappa shape index (κ2) is 9.22. The molecule has 0 aromatic heterocycles. The SMILES string of the molecule is COc1ccc(C(CC(=O)NCc2cccc(Br)c2)NC(C)=O)cc1. The van der Waals surface area contributed by atoms with Crippen LogP contribution < -0.4 is 15.4 Å². The Hall–Kier alpha value is -2.34. The molecule has 0 heterocycles. The van der Waals surface area contributed by atoms with E-state index >= 15 is 0 Å². The van der Waals surface area contributed by atoms with Crippen molar-refractivity contribution in [2.24, 2.45) is 0 Å². The first-order valence-corrected chi connectivity index (χ1v) is 8.69. The van der Waals surface area contributed by atoms with Crippen LogP contribution in [0.2, 0.25) is 0 Å². The number of halogens is 1. The molecule has 0 spiro atoms. The molecule has 2 N–H and O–H groups in total. The third-order valence-corrected chi connectivity index (χ3v) is 4.16. The van der Waals surface area contributed by atoms with E-state index < -0.39 is 0 Å². The molecule has 1 unspecified atom stereocenters. The van der Waals surface area contributed by atoms with Gasteiger partial charge in [0.25, 0.3) is 0 Å². The third kappa shape index (κ3) is 6.23. The molecule has 0 aliphatic rings. The Morgan fingerprint density at radius 3 is 2.48 bits per heavy atom. The van der Waals surface area contributed by atoms with Crippen molar-refractivity contribution in [3.05, 3.63) is 64.1 Å². The number of amides is 2. The predicted octanol–water partition coefficient (Wildman–Crippen LogP) is 3.34. The van der Waals surface area contributed by atoms with E-state index in [1.54, 1.807) is 7.11 Å². The van der Waals surface area contributed by atoms with Gasteiger partial charge in [0, 0.05) is 17.9 Å². The van der Waals surface area contributed by atoms with Gasteiger partial charge in [0.05, 0.1) is 19.6 Å². The summed E-state index contributed by atoms with van der Waals surface area (Å²) in [5.74, 6) is 0.416. The largest absolute Gasteiger partial charge is 0.497 e. The van der Waals surface area contributed by atoms with Crippen LogP contribution >= 0.6 is 15.9 Å². The van der Waals surface area contributed by atoms with E-state index in [9.17, 15) is 9.59 Å². The van der Waals surface area contributed by atoms with Crippen molar-refractivity contribution in [1.29, 1.82) is 0 Å². The van der Waals surface area contributed by atoms with Crippen molar-refractivity contribution in [3.8, 4) is 5.75 Å². The Morgan fingerprint density at radius 1 is 1.16 bits per heavy atom. The van der Waals surface area contributed by atoms with Gasteiger partial charge >= 0.3 is 0 Å². The number of hydrogen-bond acceptors (Lipinski definition) is 3. The van der Waals surface area contributed by atoms with Crippen molar-refractivity contribution in [2.75, 3.05) is 7.11 Å². The van der Waals surface area contributed by atoms with Gasteiger partial charge in [-0.05, 0) is 35.4 Å². The lowest BCUT2D eigenvalue weighted by Gasteiger charge is -2.18. The monoisotopic (exact) mass is 404 g/mol. The van der Waals surface area contributed by atoms with E-state index in [0.29, 0.717) is 6.54 Å². The average molecular weight is 405 g/mol. The van der Waals surface area contributed by atoms with E-state index in [2.05, 4.69) is 26.6 Å². The van der Waals surface area contributed by atoms with E-state index in [-0.39, 0.29) is 24.3 Å². The highest BCUT2D eigenvalue weighted by molar-refractivity contribution is 9.10. The number of hydrogen-bond donors (Lipinski definition) is 2. The lowest BCUT2D eigenvalue weighted by molar-refractivity contribution is -0.122. The lowest BCUT2D eigenvalue weighted by atomic mass is 10.0. The molecule has 6 heteroatoms. The van der Waals surface area contributed by atoms with E-state index in [4.69, 9.17) is 4.74 Å². The number of carbonyl (C=O) groups is 2. The summed E-state index contributed by atoms with van der Waals surface area (Å²) in [6, 6.07) is 14.7. The van der Waals surface area contributed by atoms with Crippen molar-refractivity contribution < 1.29 is 14.3 Å². The van der Waals surface area contributed by atoms with Crippen LogP contribution in [-0.4, -0.2) is 18.9 Å². The van der Waals surface area contributed by atoms with Gasteiger partial charge in [0.2, 0.25) is 11.8 Å². The molecule has 1 atom stereocenters. The highest BCUT2D eigenvalue weighted by atomic mass is 79.9. The van der Waals surface area contributed by atoms with Crippen LogP contribution in [0.4, 0.5) is 0 Å². The Balaban J connectivity index is 2.00. The summed E-state index contributed by atoms with van der Waals surface area (Å²) < 4.78 is 6.10. The summed E-state index contributed by atoms with van der Waals surface area (Å²) in [5, 5.41) is 5.71. The van der Waals surface area contributed by atoms with E-state index in [0.717, 1.165) is 21.3 Å². The van der Waals surface area contributed by atoms with Crippen molar-refractivity contribution in [1.82, 2.24) is 10.6 Å². The van der Waals surface area contributed by atoms with Crippen molar-refractivity contribution in [2.45, 2.75) is 25.9 Å². The van der Waals surface area contributed by atoms with Crippen LogP contribution in [0.25, 0.3) is 0 Å². The zero-order valence-electron chi connectivity index (χ0n) is 14.2. The molecule has 0 aliphatic heterocycles. The van der Waals surface area contributed by atoms with Crippen LogP contribution in [0.3, 0.4) is 0 Å². The van der Waals surface area contributed by atoms with Crippen LogP contribution in [0.1, 0.15) is 30.5 Å². The van der Waals surface area contributed by atoms with E-state index in [1.165, 1.54) is 6.92 Å². The zero-order chi connectivity index (χ0) is 18.2. The molecule has 2 rings (SSSR count). The molecular formula is C19H21BrN2O3. The summed E-state index contributed by atoms with van der Waals surface area (Å²) in [6.45, 7) is 1.88. The molecule has 0 radical (unpaired) electrons. The molecule has 0 aliphatic carbocycles. The Kier molecular flexibility index (Phi) is 7.01. The van der Waals surface area contributed by atoms with Gasteiger partial charge in [-0.15, -0.1) is 0 Å². The molecule has 0 bridgehead atoms. The maximum Gasteiger partial charge on any atom is 0.222 e. The zero-order valence-corrected chi connectivity index (χ0v) is 15.8. The quantitative estimate of drug-likeness (QED) is 0.743. The van der Waals surface area contributed by atoms with Gasteiger partial charge in [-0.25, -0.2) is 0 Å². The molecule has 2 amide bonds. The number of benzene rings is 2. The maximum absolute atomic E-state index is 12.3. The van der Waals surface area contributed by atoms with Crippen molar-refractivity contribution >= 4 is 27.7 Å². The highest BCUT2D eigenvalue weighted by Gasteiger charge is 2.17. The van der Waals surface area contributed by atoms with E-state index in [1.807, 2.05) is 48.5 Å². The first kappa shape index (κ1) is 19.0. The second-order valence-electron chi connectivity index (χ2n) is 5.64. The second-order valence-corrected chi connectivity index (χ2v) is 6.55. The van der Waals surface area contributed by atoms with Gasteiger partial charge in [0.1, 0.15) is 5.75 Å². The third-order valence-electron chi connectivity index (χ3n) is 3.66. The first-order valence-electron chi connectivity index (χ1n) is 7.90. The minimum Gasteiger partial charge on any atom is -0.497 e. The van der Waals surface area contributed by atoms with Gasteiger partial charge in [-0.2, -0.15) is 0 Å². The predicted molar refractivity (Wildman–Crippen MR) is 100 cm³/mol. The topological polar surface area (TPSA) is 67.4 Å². The molecule has 0 saturated carbocycles. The summed E-state index contributed by atoms with van der Waals surface area (Å²) in [4.78, 5) is 23.8. The van der Waals surface area contributed by atoms with Gasteiger partial charge in [0.15, 0.2) is 0 Å². The summed E-state index contributed by atoms with van der Waals surface area (Å²) in [7, 11) is 1.59. The highest BCUT2D eigenvalue weighted by Crippen LogP contribution is 2.20. The Bertz CT molecular complexity index is 732.